The number of benzene rings is 1. The summed E-state index contributed by atoms with van der Waals surface area (Å²) in [6.45, 7) is 4.94. The fourth-order valence-electron chi connectivity index (χ4n) is 5.61. The molecule has 3 saturated heterocycles. The molecule has 1 N–H and O–H groups in total. The predicted molar refractivity (Wildman–Crippen MR) is 123 cm³/mol. The number of ether oxygens (including phenoxy) is 1. The number of anilines is 2. The lowest BCUT2D eigenvalue weighted by Crippen LogP contribution is -2.52. The lowest BCUT2D eigenvalue weighted by molar-refractivity contribution is 0.0608. The molecule has 0 aliphatic carbocycles. The van der Waals surface area contributed by atoms with Crippen LogP contribution in [-0.4, -0.2) is 77.2 Å². The Balaban J connectivity index is 1.25. The first-order valence-corrected chi connectivity index (χ1v) is 11.6. The summed E-state index contributed by atoms with van der Waals surface area (Å²) in [5.41, 5.74) is 2.75. The number of morpholine rings is 1. The Labute approximate surface area is 187 Å². The fourth-order valence-corrected chi connectivity index (χ4v) is 5.61. The number of amides is 1. The monoisotopic (exact) mass is 432 g/mol. The molecule has 0 bridgehead atoms. The number of carbonyl (C=O) groups excluding carboxylic acids is 1. The second-order valence-corrected chi connectivity index (χ2v) is 8.84. The minimum atomic E-state index is 0.145. The van der Waals surface area contributed by atoms with Crippen molar-refractivity contribution >= 4 is 28.4 Å². The van der Waals surface area contributed by atoms with Crippen molar-refractivity contribution in [3.8, 4) is 0 Å². The normalized spacial score (nSPS) is 23.6. The van der Waals surface area contributed by atoms with Crippen LogP contribution in [0, 0.1) is 0 Å². The van der Waals surface area contributed by atoms with E-state index in [0.29, 0.717) is 6.04 Å². The highest BCUT2D eigenvalue weighted by Crippen LogP contribution is 2.36. The first kappa shape index (κ1) is 19.5. The van der Waals surface area contributed by atoms with Gasteiger partial charge in [-0.2, -0.15) is 0 Å². The van der Waals surface area contributed by atoms with Crippen LogP contribution in [0.1, 0.15) is 29.6 Å². The Morgan fingerprint density at radius 2 is 1.94 bits per heavy atom. The van der Waals surface area contributed by atoms with Crippen molar-refractivity contribution in [2.45, 2.75) is 31.3 Å². The number of H-pyrrole nitrogens is 1. The first-order chi connectivity index (χ1) is 15.8. The highest BCUT2D eigenvalue weighted by molar-refractivity contribution is 5.96. The van der Waals surface area contributed by atoms with Gasteiger partial charge in [0.2, 0.25) is 0 Å². The van der Waals surface area contributed by atoms with Gasteiger partial charge in [-0.1, -0.05) is 6.07 Å². The maximum Gasteiger partial charge on any atom is 0.254 e. The molecular formula is C24H28N6O2. The third-order valence-electron chi connectivity index (χ3n) is 7.14. The molecule has 8 nitrogen and oxygen atoms in total. The zero-order valence-corrected chi connectivity index (χ0v) is 18.1. The van der Waals surface area contributed by atoms with E-state index in [-0.39, 0.29) is 11.9 Å². The van der Waals surface area contributed by atoms with Crippen LogP contribution in [0.4, 0.5) is 11.5 Å². The van der Waals surface area contributed by atoms with E-state index in [0.717, 1.165) is 86.8 Å². The summed E-state index contributed by atoms with van der Waals surface area (Å²) < 4.78 is 5.48. The molecule has 1 amide bonds. The number of rotatable bonds is 3. The molecule has 2 aromatic heterocycles. The maximum atomic E-state index is 13.6. The molecule has 3 aliphatic rings. The molecule has 3 aromatic rings. The van der Waals surface area contributed by atoms with Gasteiger partial charge in [0, 0.05) is 43.6 Å². The smallest absolute Gasteiger partial charge is 0.254 e. The van der Waals surface area contributed by atoms with Crippen LogP contribution in [0.3, 0.4) is 0 Å². The van der Waals surface area contributed by atoms with Crippen LogP contribution >= 0.6 is 0 Å². The molecule has 0 spiro atoms. The summed E-state index contributed by atoms with van der Waals surface area (Å²) in [6.07, 6.45) is 6.60. The Morgan fingerprint density at radius 3 is 2.84 bits per heavy atom. The van der Waals surface area contributed by atoms with E-state index >= 15 is 0 Å². The summed E-state index contributed by atoms with van der Waals surface area (Å²) in [7, 11) is 0. The van der Waals surface area contributed by atoms with Gasteiger partial charge >= 0.3 is 0 Å². The van der Waals surface area contributed by atoms with Gasteiger partial charge in [0.05, 0.1) is 30.7 Å². The molecule has 166 valence electrons. The summed E-state index contributed by atoms with van der Waals surface area (Å²) >= 11 is 0. The number of piperidine rings is 1. The largest absolute Gasteiger partial charge is 0.378 e. The minimum absolute atomic E-state index is 0.145. The zero-order chi connectivity index (χ0) is 21.5. The van der Waals surface area contributed by atoms with Crippen molar-refractivity contribution in [3.05, 3.63) is 48.4 Å². The van der Waals surface area contributed by atoms with Gasteiger partial charge in [-0.15, -0.1) is 0 Å². The highest BCUT2D eigenvalue weighted by Gasteiger charge is 2.43. The average molecular weight is 433 g/mol. The number of aromatic amines is 1. The number of fused-ring (bicyclic) bond motifs is 2. The quantitative estimate of drug-likeness (QED) is 0.686. The number of likely N-dealkylation sites (tertiary alicyclic amines) is 1. The Morgan fingerprint density at radius 1 is 1.03 bits per heavy atom. The fraction of sp³-hybridized carbons (Fsp3) is 0.458. The van der Waals surface area contributed by atoms with E-state index in [9.17, 15) is 4.79 Å². The average Bonchev–Trinajstić information content (AvgIpc) is 3.51. The Bertz CT molecular complexity index is 1120. The van der Waals surface area contributed by atoms with E-state index in [1.54, 1.807) is 6.33 Å². The number of nitrogens with zero attached hydrogens (tertiary/aromatic N) is 5. The molecule has 0 radical (unpaired) electrons. The second kappa shape index (κ2) is 8.09. The minimum Gasteiger partial charge on any atom is -0.378 e. The van der Waals surface area contributed by atoms with Crippen molar-refractivity contribution in [1.82, 2.24) is 19.9 Å². The molecule has 8 heteroatoms. The van der Waals surface area contributed by atoms with E-state index in [2.05, 4.69) is 41.8 Å². The van der Waals surface area contributed by atoms with Gasteiger partial charge in [-0.25, -0.2) is 9.97 Å². The van der Waals surface area contributed by atoms with E-state index in [1.807, 2.05) is 24.4 Å². The van der Waals surface area contributed by atoms with Crippen LogP contribution in [0.5, 0.6) is 0 Å². The number of hydrogen-bond acceptors (Lipinski definition) is 6. The van der Waals surface area contributed by atoms with Gasteiger partial charge in [0.25, 0.3) is 5.91 Å². The summed E-state index contributed by atoms with van der Waals surface area (Å²) in [5.74, 6) is 1.12. The van der Waals surface area contributed by atoms with Crippen LogP contribution in [-0.2, 0) is 4.74 Å². The number of aromatic nitrogens is 3. The molecule has 3 aliphatic heterocycles. The molecule has 3 fully saturated rings. The number of nitrogens with one attached hydrogen (secondary N) is 1. The standard InChI is InChI=1S/C24H28N6O2/c31-24(17-3-1-4-18(15-17)28-11-13-32-14-12-28)30-9-2-5-20-21(30)7-10-29(20)23-19-6-8-25-22(19)26-16-27-23/h1,3-4,6,8,15-16,20-21H,2,5,7,9-14H2,(H,25,26,27)/t20-,21-/m1/s1. The lowest BCUT2D eigenvalue weighted by atomic mass is 9.95. The number of hydrogen-bond donors (Lipinski definition) is 1. The van der Waals surface area contributed by atoms with Crippen molar-refractivity contribution in [2.24, 2.45) is 0 Å². The molecule has 6 rings (SSSR count). The summed E-state index contributed by atoms with van der Waals surface area (Å²) in [6, 6.07) is 10.7. The van der Waals surface area contributed by atoms with Gasteiger partial charge < -0.3 is 24.4 Å². The van der Waals surface area contributed by atoms with Crippen molar-refractivity contribution < 1.29 is 9.53 Å². The Kier molecular flexibility index (Phi) is 4.94. The zero-order valence-electron chi connectivity index (χ0n) is 18.1. The SMILES string of the molecule is O=C(c1cccc(N2CCOCC2)c1)N1CCC[C@@H]2[C@H]1CCN2c1ncnc2[nH]ccc12. The topological polar surface area (TPSA) is 77.6 Å². The van der Waals surface area contributed by atoms with Crippen LogP contribution < -0.4 is 9.80 Å². The third-order valence-corrected chi connectivity index (χ3v) is 7.14. The predicted octanol–water partition coefficient (Wildman–Crippen LogP) is 2.68. The molecule has 0 unspecified atom stereocenters. The second-order valence-electron chi connectivity index (χ2n) is 8.84. The van der Waals surface area contributed by atoms with Gasteiger partial charge in [0.1, 0.15) is 17.8 Å². The summed E-state index contributed by atoms with van der Waals surface area (Å²) in [5, 5.41) is 1.05. The molecule has 2 atom stereocenters. The molecular weight excluding hydrogens is 404 g/mol. The Hall–Kier alpha value is -3.13. The van der Waals surface area contributed by atoms with Gasteiger partial charge in [-0.05, 0) is 43.5 Å². The number of carbonyl (C=O) groups is 1. The van der Waals surface area contributed by atoms with Crippen molar-refractivity contribution in [1.29, 1.82) is 0 Å². The van der Waals surface area contributed by atoms with Crippen LogP contribution in [0.2, 0.25) is 0 Å². The van der Waals surface area contributed by atoms with E-state index in [1.165, 1.54) is 0 Å². The maximum absolute atomic E-state index is 13.6. The van der Waals surface area contributed by atoms with Crippen molar-refractivity contribution in [2.75, 3.05) is 49.2 Å². The van der Waals surface area contributed by atoms with Crippen LogP contribution in [0.25, 0.3) is 11.0 Å². The third kappa shape index (κ3) is 3.30. The molecule has 1 aromatic carbocycles. The highest BCUT2D eigenvalue weighted by atomic mass is 16.5. The van der Waals surface area contributed by atoms with Crippen molar-refractivity contribution in [3.63, 3.8) is 0 Å². The lowest BCUT2D eigenvalue weighted by Gasteiger charge is -2.40. The van der Waals surface area contributed by atoms with Gasteiger partial charge in [0.15, 0.2) is 0 Å². The van der Waals surface area contributed by atoms with E-state index in [4.69, 9.17) is 4.74 Å². The first-order valence-electron chi connectivity index (χ1n) is 11.6. The molecule has 32 heavy (non-hydrogen) atoms. The summed E-state index contributed by atoms with van der Waals surface area (Å²) in [4.78, 5) is 32.6. The molecule has 0 saturated carbocycles. The van der Waals surface area contributed by atoms with Gasteiger partial charge in [-0.3, -0.25) is 4.79 Å². The van der Waals surface area contributed by atoms with Crippen LogP contribution in [0.15, 0.2) is 42.9 Å². The molecule has 5 heterocycles. The van der Waals surface area contributed by atoms with E-state index < -0.39 is 0 Å².